The minimum atomic E-state index is -0.649. The second-order valence-corrected chi connectivity index (χ2v) is 7.60. The Morgan fingerprint density at radius 3 is 2.57 bits per heavy atom. The van der Waals surface area contributed by atoms with E-state index in [9.17, 15) is 9.90 Å². The van der Waals surface area contributed by atoms with E-state index < -0.39 is 6.10 Å². The number of carbonyl (C=O) groups is 1. The van der Waals surface area contributed by atoms with Gasteiger partial charge >= 0.3 is 0 Å². The maximum absolute atomic E-state index is 12.2. The van der Waals surface area contributed by atoms with Crippen LogP contribution in [0.15, 0.2) is 54.6 Å². The molecule has 0 bridgehead atoms. The van der Waals surface area contributed by atoms with Crippen molar-refractivity contribution >= 4 is 22.4 Å². The van der Waals surface area contributed by atoms with E-state index in [0.717, 1.165) is 27.4 Å². The average molecular weight is 397 g/mol. The topological polar surface area (TPSA) is 71.5 Å². The first-order chi connectivity index (χ1) is 13.6. The van der Waals surface area contributed by atoms with Crippen molar-refractivity contribution < 1.29 is 14.6 Å². The van der Waals surface area contributed by atoms with Gasteiger partial charge in [-0.2, -0.15) is 0 Å². The fraction of sp³-hybridized carbons (Fsp3) is 0.273. The summed E-state index contributed by atoms with van der Waals surface area (Å²) in [6.07, 6.45) is -0.0524. The summed E-state index contributed by atoms with van der Waals surface area (Å²) in [7, 11) is 0. The number of nitrogens with one attached hydrogen (secondary N) is 1. The van der Waals surface area contributed by atoms with Crippen molar-refractivity contribution in [3.8, 4) is 17.0 Å². The third kappa shape index (κ3) is 5.18. The van der Waals surface area contributed by atoms with E-state index in [1.54, 1.807) is 0 Å². The van der Waals surface area contributed by atoms with E-state index >= 15 is 0 Å². The van der Waals surface area contributed by atoms with Crippen molar-refractivity contribution in [2.24, 2.45) is 0 Å². The molecule has 0 fully saturated rings. The Hall–Kier alpha value is -2.70. The van der Waals surface area contributed by atoms with Gasteiger partial charge in [0.25, 0.3) is 0 Å². The van der Waals surface area contributed by atoms with Gasteiger partial charge in [-0.05, 0) is 50.1 Å². The van der Waals surface area contributed by atoms with E-state index in [1.807, 2.05) is 68.4 Å². The quantitative estimate of drug-likeness (QED) is 0.564. The number of benzene rings is 2. The van der Waals surface area contributed by atoms with Crippen molar-refractivity contribution in [1.82, 2.24) is 4.98 Å². The molecule has 0 unspecified atom stereocenters. The number of aliphatic hydroxyl groups is 1. The summed E-state index contributed by atoms with van der Waals surface area (Å²) in [6.45, 7) is 4.56. The van der Waals surface area contributed by atoms with Crippen LogP contribution in [0.5, 0.6) is 5.75 Å². The van der Waals surface area contributed by atoms with E-state index in [4.69, 9.17) is 4.74 Å². The van der Waals surface area contributed by atoms with E-state index in [2.05, 4.69) is 10.3 Å². The first-order valence-electron chi connectivity index (χ1n) is 9.30. The van der Waals surface area contributed by atoms with Crippen LogP contribution in [0.3, 0.4) is 0 Å². The summed E-state index contributed by atoms with van der Waals surface area (Å²) < 4.78 is 5.47. The number of ether oxygens (including phenoxy) is 1. The Bertz CT molecular complexity index is 907. The molecular formula is C22H24N2O3S. The Kier molecular flexibility index (Phi) is 6.79. The molecule has 1 atom stereocenters. The van der Waals surface area contributed by atoms with Gasteiger partial charge < -0.3 is 15.2 Å². The summed E-state index contributed by atoms with van der Waals surface area (Å²) in [6, 6.07) is 17.1. The number of hydrogen-bond donors (Lipinski definition) is 2. The molecule has 0 aliphatic heterocycles. The number of carbonyl (C=O) groups excluding carboxylic acids is 1. The van der Waals surface area contributed by atoms with E-state index in [0.29, 0.717) is 18.2 Å². The molecule has 1 amide bonds. The van der Waals surface area contributed by atoms with E-state index in [-0.39, 0.29) is 12.3 Å². The number of hydrogen-bond acceptors (Lipinski definition) is 5. The van der Waals surface area contributed by atoms with Crippen molar-refractivity contribution in [1.29, 1.82) is 0 Å². The van der Waals surface area contributed by atoms with Crippen molar-refractivity contribution in [3.63, 3.8) is 0 Å². The lowest BCUT2D eigenvalue weighted by Gasteiger charge is -2.10. The Balaban J connectivity index is 1.59. The van der Waals surface area contributed by atoms with Crippen LogP contribution in [0.4, 0.5) is 5.13 Å². The van der Waals surface area contributed by atoms with Crippen LogP contribution in [0, 0.1) is 6.92 Å². The van der Waals surface area contributed by atoms with Crippen LogP contribution in [-0.4, -0.2) is 22.6 Å². The SMILES string of the molecule is CCOc1ccc(-c2nc(NC(=O)CC[C@H](O)c3ccccc3)sc2C)cc1. The second kappa shape index (κ2) is 9.48. The normalized spacial score (nSPS) is 11.8. The first kappa shape index (κ1) is 20.0. The van der Waals surface area contributed by atoms with Gasteiger partial charge in [-0.15, -0.1) is 11.3 Å². The van der Waals surface area contributed by atoms with Gasteiger partial charge in [0.1, 0.15) is 5.75 Å². The molecule has 0 aliphatic carbocycles. The van der Waals surface area contributed by atoms with Crippen molar-refractivity contribution in [3.05, 3.63) is 65.0 Å². The van der Waals surface area contributed by atoms with Crippen molar-refractivity contribution in [2.45, 2.75) is 32.8 Å². The second-order valence-electron chi connectivity index (χ2n) is 6.39. The predicted molar refractivity (Wildman–Crippen MR) is 113 cm³/mol. The summed E-state index contributed by atoms with van der Waals surface area (Å²) in [5.41, 5.74) is 2.66. The fourth-order valence-electron chi connectivity index (χ4n) is 2.88. The maximum Gasteiger partial charge on any atom is 0.226 e. The average Bonchev–Trinajstić information content (AvgIpc) is 3.07. The third-order valence-electron chi connectivity index (χ3n) is 4.31. The van der Waals surface area contributed by atoms with Crippen LogP contribution < -0.4 is 10.1 Å². The highest BCUT2D eigenvalue weighted by molar-refractivity contribution is 7.16. The Morgan fingerprint density at radius 2 is 1.89 bits per heavy atom. The molecule has 0 spiro atoms. The molecule has 1 aromatic heterocycles. The number of nitrogens with zero attached hydrogens (tertiary/aromatic N) is 1. The standard InChI is InChI=1S/C22H24N2O3S/c1-3-27-18-11-9-17(10-12-18)21-15(2)28-22(24-21)23-20(26)14-13-19(25)16-7-5-4-6-8-16/h4-12,19,25H,3,13-14H2,1-2H3,(H,23,24,26)/t19-/m0/s1. The van der Waals surface area contributed by atoms with Crippen LogP contribution in [0.25, 0.3) is 11.3 Å². The molecule has 1 heterocycles. The molecule has 146 valence electrons. The molecule has 28 heavy (non-hydrogen) atoms. The van der Waals surface area contributed by atoms with Gasteiger partial charge in [0.15, 0.2) is 5.13 Å². The maximum atomic E-state index is 12.2. The lowest BCUT2D eigenvalue weighted by Crippen LogP contribution is -2.12. The molecule has 6 heteroatoms. The number of thiazole rings is 1. The first-order valence-corrected chi connectivity index (χ1v) is 10.1. The zero-order chi connectivity index (χ0) is 19.9. The zero-order valence-corrected chi connectivity index (χ0v) is 16.8. The minimum Gasteiger partial charge on any atom is -0.494 e. The summed E-state index contributed by atoms with van der Waals surface area (Å²) in [5.74, 6) is 0.673. The van der Waals surface area contributed by atoms with Gasteiger partial charge in [0.2, 0.25) is 5.91 Å². The number of rotatable bonds is 8. The lowest BCUT2D eigenvalue weighted by atomic mass is 10.1. The highest BCUT2D eigenvalue weighted by Crippen LogP contribution is 2.31. The number of aliphatic hydroxyl groups excluding tert-OH is 1. The van der Waals surface area contributed by atoms with Crippen molar-refractivity contribution in [2.75, 3.05) is 11.9 Å². The third-order valence-corrected chi connectivity index (χ3v) is 5.20. The highest BCUT2D eigenvalue weighted by atomic mass is 32.1. The van der Waals surface area contributed by atoms with Crippen LogP contribution in [-0.2, 0) is 4.79 Å². The minimum absolute atomic E-state index is 0.151. The number of aryl methyl sites for hydroxylation is 1. The highest BCUT2D eigenvalue weighted by Gasteiger charge is 2.14. The number of aromatic nitrogens is 1. The van der Waals surface area contributed by atoms with Gasteiger partial charge in [-0.25, -0.2) is 4.98 Å². The van der Waals surface area contributed by atoms with Gasteiger partial charge in [-0.1, -0.05) is 30.3 Å². The molecule has 0 aliphatic rings. The summed E-state index contributed by atoms with van der Waals surface area (Å²) in [4.78, 5) is 17.8. The van der Waals surface area contributed by atoms with Crippen LogP contribution >= 0.6 is 11.3 Å². The molecular weight excluding hydrogens is 372 g/mol. The summed E-state index contributed by atoms with van der Waals surface area (Å²) in [5, 5.41) is 13.6. The predicted octanol–water partition coefficient (Wildman–Crippen LogP) is 4.97. The lowest BCUT2D eigenvalue weighted by molar-refractivity contribution is -0.116. The van der Waals surface area contributed by atoms with E-state index in [1.165, 1.54) is 11.3 Å². The molecule has 2 aromatic carbocycles. The Morgan fingerprint density at radius 1 is 1.18 bits per heavy atom. The largest absolute Gasteiger partial charge is 0.494 e. The Labute approximate surface area is 169 Å². The van der Waals surface area contributed by atoms with Gasteiger partial charge in [-0.3, -0.25) is 4.79 Å². The molecule has 0 saturated carbocycles. The monoisotopic (exact) mass is 396 g/mol. The molecule has 5 nitrogen and oxygen atoms in total. The van der Waals surface area contributed by atoms with Crippen LogP contribution in [0.1, 0.15) is 36.3 Å². The van der Waals surface area contributed by atoms with Gasteiger partial charge in [0.05, 0.1) is 18.4 Å². The summed E-state index contributed by atoms with van der Waals surface area (Å²) >= 11 is 1.45. The number of amides is 1. The smallest absolute Gasteiger partial charge is 0.226 e. The molecule has 3 aromatic rings. The molecule has 0 saturated heterocycles. The van der Waals surface area contributed by atoms with Crippen LogP contribution in [0.2, 0.25) is 0 Å². The zero-order valence-electron chi connectivity index (χ0n) is 16.0. The fourth-order valence-corrected chi connectivity index (χ4v) is 3.74. The van der Waals surface area contributed by atoms with Gasteiger partial charge in [0, 0.05) is 16.9 Å². The molecule has 3 rings (SSSR count). The molecule has 2 N–H and O–H groups in total. The number of anilines is 1. The molecule has 0 radical (unpaired) electrons.